The Morgan fingerprint density at radius 3 is 0.988 bits per heavy atom. The van der Waals surface area contributed by atoms with Crippen LogP contribution in [0.5, 0.6) is 0 Å². The van der Waals surface area contributed by atoms with Gasteiger partial charge in [-0.3, -0.25) is 9.59 Å². The molecule has 3 N–H and O–H groups in total. The smallest absolute Gasteiger partial charge is 0.305 e. The Labute approximate surface area is 501 Å². The lowest BCUT2D eigenvalue weighted by atomic mass is 10.0. The van der Waals surface area contributed by atoms with E-state index in [9.17, 15) is 19.8 Å². The monoisotopic (exact) mass is 1130 g/mol. The number of ether oxygens (including phenoxy) is 1. The van der Waals surface area contributed by atoms with Crippen LogP contribution in [-0.4, -0.2) is 47.4 Å². The summed E-state index contributed by atoms with van der Waals surface area (Å²) in [5.74, 6) is -0.0183. The zero-order valence-corrected chi connectivity index (χ0v) is 54.3. The predicted molar refractivity (Wildman–Crippen MR) is 352 cm³/mol. The molecule has 0 saturated heterocycles. The van der Waals surface area contributed by atoms with Crippen LogP contribution in [0.4, 0.5) is 0 Å². The number of aliphatic hydroxyl groups excluding tert-OH is 2. The van der Waals surface area contributed by atoms with E-state index >= 15 is 0 Å². The number of hydrogen-bond donors (Lipinski definition) is 3. The molecule has 0 aliphatic rings. The number of unbranched alkanes of at least 4 members (excludes halogenated alkanes) is 54. The van der Waals surface area contributed by atoms with Gasteiger partial charge in [0.05, 0.1) is 25.4 Å². The quantitative estimate of drug-likeness (QED) is 0.0320. The van der Waals surface area contributed by atoms with Crippen LogP contribution in [0.15, 0.2) is 24.3 Å². The molecule has 1 amide bonds. The van der Waals surface area contributed by atoms with Gasteiger partial charge in [0.25, 0.3) is 0 Å². The standard InChI is InChI=1S/C74H143NO5/c1-3-5-7-9-11-13-15-17-44-48-52-56-60-64-68-74(79)80-69-65-61-57-53-49-45-42-40-38-36-34-32-30-28-26-24-22-20-18-19-21-23-25-27-29-31-33-35-37-39-41-43-47-51-55-59-63-67-73(78)75-71(70-76)72(77)66-62-58-54-50-46-16-14-12-10-8-6-4-2/h9,11,15,17,71-72,76-77H,3-8,10,12-14,16,18-70H2,1-2H3,(H,75,78)/b11-9-,17-15-. The number of allylic oxidation sites excluding steroid dienone is 4. The van der Waals surface area contributed by atoms with Crippen molar-refractivity contribution in [1.82, 2.24) is 5.32 Å². The maximum Gasteiger partial charge on any atom is 0.305 e. The first-order valence-corrected chi connectivity index (χ1v) is 36.6. The van der Waals surface area contributed by atoms with Gasteiger partial charge >= 0.3 is 5.97 Å². The highest BCUT2D eigenvalue weighted by atomic mass is 16.5. The molecule has 6 nitrogen and oxygen atoms in total. The molecular weight excluding hydrogens is 983 g/mol. The van der Waals surface area contributed by atoms with Gasteiger partial charge in [0.1, 0.15) is 0 Å². The maximum absolute atomic E-state index is 12.5. The average Bonchev–Trinajstić information content (AvgIpc) is 3.46. The first-order chi connectivity index (χ1) is 39.5. The molecule has 80 heavy (non-hydrogen) atoms. The molecule has 0 aromatic carbocycles. The zero-order chi connectivity index (χ0) is 57.8. The van der Waals surface area contributed by atoms with Gasteiger partial charge in [-0.15, -0.1) is 0 Å². The molecule has 0 heterocycles. The molecule has 0 spiro atoms. The Bertz CT molecular complexity index is 1250. The normalized spacial score (nSPS) is 12.6. The number of carbonyl (C=O) groups is 2. The second kappa shape index (κ2) is 69.8. The maximum atomic E-state index is 12.5. The number of esters is 1. The molecular formula is C74H143NO5. The fourth-order valence-electron chi connectivity index (χ4n) is 11.7. The summed E-state index contributed by atoms with van der Waals surface area (Å²) < 4.78 is 5.49. The summed E-state index contributed by atoms with van der Waals surface area (Å²) >= 11 is 0. The highest BCUT2D eigenvalue weighted by Crippen LogP contribution is 2.20. The van der Waals surface area contributed by atoms with Crippen molar-refractivity contribution in [3.63, 3.8) is 0 Å². The fourth-order valence-corrected chi connectivity index (χ4v) is 11.7. The van der Waals surface area contributed by atoms with Gasteiger partial charge in [-0.25, -0.2) is 0 Å². The van der Waals surface area contributed by atoms with Crippen molar-refractivity contribution in [3.05, 3.63) is 24.3 Å². The van der Waals surface area contributed by atoms with Crippen LogP contribution in [-0.2, 0) is 14.3 Å². The van der Waals surface area contributed by atoms with Gasteiger partial charge in [0.15, 0.2) is 0 Å². The lowest BCUT2D eigenvalue weighted by Crippen LogP contribution is -2.45. The minimum absolute atomic E-state index is 0.00915. The Morgan fingerprint density at radius 1 is 0.350 bits per heavy atom. The summed E-state index contributed by atoms with van der Waals surface area (Å²) in [7, 11) is 0. The van der Waals surface area contributed by atoms with E-state index in [4.69, 9.17) is 4.74 Å². The Balaban J connectivity index is 3.28. The highest BCUT2D eigenvalue weighted by Gasteiger charge is 2.20. The molecule has 0 aromatic heterocycles. The molecule has 0 fully saturated rings. The van der Waals surface area contributed by atoms with Crippen LogP contribution in [0.3, 0.4) is 0 Å². The van der Waals surface area contributed by atoms with Gasteiger partial charge in [-0.1, -0.05) is 372 Å². The lowest BCUT2D eigenvalue weighted by molar-refractivity contribution is -0.143. The van der Waals surface area contributed by atoms with Gasteiger partial charge < -0.3 is 20.3 Å². The minimum Gasteiger partial charge on any atom is -0.466 e. The SMILES string of the molecule is CCCC/C=C\C/C=C\CCCCCCCC(=O)OCCCCCCCCCCCCCCCCCCCCCCCCCCCCCCCCCCCCCCCC(=O)NC(CO)C(O)CCCCCCCCCCCCCC. The van der Waals surface area contributed by atoms with E-state index in [-0.39, 0.29) is 18.5 Å². The molecule has 0 aliphatic heterocycles. The summed E-state index contributed by atoms with van der Waals surface area (Å²) in [4.78, 5) is 24.5. The first-order valence-electron chi connectivity index (χ1n) is 36.6. The van der Waals surface area contributed by atoms with E-state index in [1.54, 1.807) is 0 Å². The van der Waals surface area contributed by atoms with Crippen molar-refractivity contribution in [3.8, 4) is 0 Å². The number of hydrogen-bond acceptors (Lipinski definition) is 5. The number of nitrogens with one attached hydrogen (secondary N) is 1. The third-order valence-electron chi connectivity index (χ3n) is 17.3. The van der Waals surface area contributed by atoms with E-state index in [0.717, 1.165) is 51.4 Å². The zero-order valence-electron chi connectivity index (χ0n) is 54.3. The summed E-state index contributed by atoms with van der Waals surface area (Å²) in [6, 6.07) is -0.535. The molecule has 474 valence electrons. The average molecular weight is 1130 g/mol. The molecule has 0 aromatic rings. The molecule has 0 rings (SSSR count). The van der Waals surface area contributed by atoms with Crippen LogP contribution < -0.4 is 5.32 Å². The van der Waals surface area contributed by atoms with Crippen LogP contribution in [0.1, 0.15) is 412 Å². The molecule has 0 radical (unpaired) electrons. The lowest BCUT2D eigenvalue weighted by Gasteiger charge is -2.22. The number of aliphatic hydroxyl groups is 2. The van der Waals surface area contributed by atoms with E-state index in [1.165, 1.54) is 327 Å². The molecule has 2 atom stereocenters. The van der Waals surface area contributed by atoms with E-state index in [2.05, 4.69) is 43.5 Å². The molecule has 6 heteroatoms. The van der Waals surface area contributed by atoms with Crippen molar-refractivity contribution >= 4 is 11.9 Å². The van der Waals surface area contributed by atoms with E-state index in [1.807, 2.05) is 0 Å². The third kappa shape index (κ3) is 65.5. The Morgan fingerprint density at radius 2 is 0.637 bits per heavy atom. The molecule has 0 bridgehead atoms. The van der Waals surface area contributed by atoms with Gasteiger partial charge in [-0.2, -0.15) is 0 Å². The number of carbonyl (C=O) groups excluding carboxylic acids is 2. The van der Waals surface area contributed by atoms with Crippen LogP contribution in [0.2, 0.25) is 0 Å². The molecule has 2 unspecified atom stereocenters. The third-order valence-corrected chi connectivity index (χ3v) is 17.3. The molecule has 0 saturated carbocycles. The van der Waals surface area contributed by atoms with Crippen molar-refractivity contribution in [2.24, 2.45) is 0 Å². The minimum atomic E-state index is -0.658. The van der Waals surface area contributed by atoms with Crippen molar-refractivity contribution < 1.29 is 24.5 Å². The van der Waals surface area contributed by atoms with Crippen LogP contribution in [0.25, 0.3) is 0 Å². The highest BCUT2D eigenvalue weighted by molar-refractivity contribution is 5.76. The Kier molecular flexibility index (Phi) is 68.4. The largest absolute Gasteiger partial charge is 0.466 e. The summed E-state index contributed by atoms with van der Waals surface area (Å²) in [6.07, 6.45) is 88.3. The summed E-state index contributed by atoms with van der Waals surface area (Å²) in [5, 5.41) is 23.3. The first kappa shape index (κ1) is 78.3. The fraction of sp³-hybridized carbons (Fsp3) is 0.919. The predicted octanol–water partition coefficient (Wildman–Crippen LogP) is 23.7. The molecule has 0 aliphatic carbocycles. The number of rotatable bonds is 69. The topological polar surface area (TPSA) is 95.9 Å². The van der Waals surface area contributed by atoms with Crippen molar-refractivity contribution in [2.45, 2.75) is 424 Å². The van der Waals surface area contributed by atoms with Crippen molar-refractivity contribution in [1.29, 1.82) is 0 Å². The Hall–Kier alpha value is -1.66. The summed E-state index contributed by atoms with van der Waals surface area (Å²) in [6.45, 7) is 4.93. The number of amides is 1. The summed E-state index contributed by atoms with van der Waals surface area (Å²) in [5.41, 5.74) is 0. The van der Waals surface area contributed by atoms with Gasteiger partial charge in [0, 0.05) is 12.8 Å². The van der Waals surface area contributed by atoms with E-state index < -0.39 is 12.1 Å². The second-order valence-corrected chi connectivity index (χ2v) is 25.3. The van der Waals surface area contributed by atoms with Gasteiger partial charge in [-0.05, 0) is 51.4 Å². The van der Waals surface area contributed by atoms with Crippen LogP contribution >= 0.6 is 0 Å². The van der Waals surface area contributed by atoms with Gasteiger partial charge in [0.2, 0.25) is 5.91 Å². The van der Waals surface area contributed by atoms with Crippen LogP contribution in [0, 0.1) is 0 Å². The second-order valence-electron chi connectivity index (χ2n) is 25.3. The van der Waals surface area contributed by atoms with Crippen molar-refractivity contribution in [2.75, 3.05) is 13.2 Å². The van der Waals surface area contributed by atoms with E-state index in [0.29, 0.717) is 25.9 Å².